The number of aliphatic hydroxyl groups is 1. The Hall–Kier alpha value is -1.03. The number of hydrogen-bond acceptors (Lipinski definition) is 3. The fraction of sp³-hybridized carbons (Fsp3) is 0.625. The van der Waals surface area contributed by atoms with E-state index in [9.17, 15) is 26.3 Å². The highest BCUT2D eigenvalue weighted by atomic mass is 35.5. The van der Waals surface area contributed by atoms with Gasteiger partial charge in [0.15, 0.2) is 0 Å². The number of piperazine rings is 1. The quantitative estimate of drug-likeness (QED) is 0.729. The van der Waals surface area contributed by atoms with Crippen LogP contribution in [0.1, 0.15) is 35.6 Å². The zero-order valence-electron chi connectivity index (χ0n) is 13.8. The summed E-state index contributed by atoms with van der Waals surface area (Å²) < 4.78 is 79.1. The van der Waals surface area contributed by atoms with Crippen molar-refractivity contribution in [3.63, 3.8) is 0 Å². The number of nitrogens with one attached hydrogen (secondary N) is 1. The second-order valence-corrected chi connectivity index (χ2v) is 5.97. The zero-order valence-corrected chi connectivity index (χ0v) is 14.6. The van der Waals surface area contributed by atoms with Crippen LogP contribution >= 0.6 is 12.4 Å². The SMILES string of the molecule is Cl.OCCC[C@H](c1cc(C(F)(F)F)ccc1C(F)(F)F)N1CCNCC1. The van der Waals surface area contributed by atoms with Crippen LogP contribution < -0.4 is 5.32 Å². The second kappa shape index (κ2) is 9.25. The molecule has 150 valence electrons. The lowest BCUT2D eigenvalue weighted by Gasteiger charge is -2.36. The van der Waals surface area contributed by atoms with Crippen molar-refractivity contribution in [1.82, 2.24) is 10.2 Å². The molecule has 26 heavy (non-hydrogen) atoms. The number of nitrogens with zero attached hydrogens (tertiary/aromatic N) is 1. The Morgan fingerprint density at radius 3 is 2.15 bits per heavy atom. The van der Waals surface area contributed by atoms with Gasteiger partial charge in [-0.25, -0.2) is 0 Å². The molecule has 1 aliphatic rings. The van der Waals surface area contributed by atoms with E-state index < -0.39 is 29.5 Å². The molecule has 3 nitrogen and oxygen atoms in total. The highest BCUT2D eigenvalue weighted by Gasteiger charge is 2.39. The summed E-state index contributed by atoms with van der Waals surface area (Å²) >= 11 is 0. The smallest absolute Gasteiger partial charge is 0.396 e. The Kier molecular flexibility index (Phi) is 8.19. The number of benzene rings is 1. The van der Waals surface area contributed by atoms with Gasteiger partial charge in [-0.1, -0.05) is 0 Å². The molecule has 0 amide bonds. The summed E-state index contributed by atoms with van der Waals surface area (Å²) in [5, 5.41) is 12.1. The van der Waals surface area contributed by atoms with E-state index in [0.717, 1.165) is 0 Å². The van der Waals surface area contributed by atoms with Crippen molar-refractivity contribution in [1.29, 1.82) is 0 Å². The lowest BCUT2D eigenvalue weighted by atomic mass is 9.92. The van der Waals surface area contributed by atoms with Crippen molar-refractivity contribution in [3.05, 3.63) is 34.9 Å². The van der Waals surface area contributed by atoms with Crippen LogP contribution in [0.5, 0.6) is 0 Å². The maximum atomic E-state index is 13.4. The average molecular weight is 407 g/mol. The lowest BCUT2D eigenvalue weighted by molar-refractivity contribution is -0.142. The predicted octanol–water partition coefficient (Wildman–Crippen LogP) is 3.86. The third-order valence-electron chi connectivity index (χ3n) is 4.27. The van der Waals surface area contributed by atoms with Crippen LogP contribution in [-0.4, -0.2) is 42.8 Å². The first kappa shape index (κ1) is 23.0. The highest BCUT2D eigenvalue weighted by Crippen LogP contribution is 2.41. The molecular formula is C16H21ClF6N2O. The van der Waals surface area contributed by atoms with E-state index >= 15 is 0 Å². The molecule has 2 N–H and O–H groups in total. The minimum atomic E-state index is -4.75. The summed E-state index contributed by atoms with van der Waals surface area (Å²) in [6.45, 7) is 1.74. The van der Waals surface area contributed by atoms with E-state index in [1.165, 1.54) is 0 Å². The molecule has 1 aliphatic heterocycles. The first-order valence-corrected chi connectivity index (χ1v) is 7.98. The average Bonchev–Trinajstić information content (AvgIpc) is 2.54. The van der Waals surface area contributed by atoms with Crippen LogP contribution in [0.4, 0.5) is 26.3 Å². The maximum Gasteiger partial charge on any atom is 0.416 e. The van der Waals surface area contributed by atoms with E-state index in [1.807, 2.05) is 0 Å². The van der Waals surface area contributed by atoms with E-state index in [2.05, 4.69) is 5.32 Å². The molecule has 1 fully saturated rings. The Labute approximate surface area is 153 Å². The zero-order chi connectivity index (χ0) is 18.7. The Balaban J connectivity index is 0.00000338. The molecule has 1 aromatic rings. The molecule has 0 aromatic heterocycles. The monoisotopic (exact) mass is 406 g/mol. The molecule has 1 aromatic carbocycles. The van der Waals surface area contributed by atoms with Gasteiger partial charge in [-0.2, -0.15) is 26.3 Å². The summed E-state index contributed by atoms with van der Waals surface area (Å²) in [5.74, 6) is 0. The molecule has 2 rings (SSSR count). The summed E-state index contributed by atoms with van der Waals surface area (Å²) in [6.07, 6.45) is -9.10. The number of alkyl halides is 6. The Bertz CT molecular complexity index is 573. The molecule has 0 saturated carbocycles. The first-order valence-electron chi connectivity index (χ1n) is 7.98. The van der Waals surface area contributed by atoms with Crippen molar-refractivity contribution in [3.8, 4) is 0 Å². The molecule has 1 heterocycles. The maximum absolute atomic E-state index is 13.4. The van der Waals surface area contributed by atoms with Gasteiger partial charge in [-0.15, -0.1) is 12.4 Å². The molecule has 1 saturated heterocycles. The largest absolute Gasteiger partial charge is 0.416 e. The van der Waals surface area contributed by atoms with Gasteiger partial charge >= 0.3 is 12.4 Å². The molecule has 10 heteroatoms. The summed E-state index contributed by atoms with van der Waals surface area (Å²) in [5.41, 5.74) is -2.53. The van der Waals surface area contributed by atoms with Gasteiger partial charge in [0.2, 0.25) is 0 Å². The standard InChI is InChI=1S/C16H20F6N2O.ClH/c17-15(18,19)11-3-4-13(16(20,21)22)12(10-11)14(2-1-9-25)24-7-5-23-6-8-24;/h3-4,10,14,23,25H,1-2,5-9H2;1H/t14-;/m1./s1. The third-order valence-corrected chi connectivity index (χ3v) is 4.27. The van der Waals surface area contributed by atoms with Gasteiger partial charge in [0.05, 0.1) is 11.1 Å². The topological polar surface area (TPSA) is 35.5 Å². The van der Waals surface area contributed by atoms with Crippen molar-refractivity contribution in [2.75, 3.05) is 32.8 Å². The summed E-state index contributed by atoms with van der Waals surface area (Å²) in [6, 6.07) is 0.750. The number of hydrogen-bond donors (Lipinski definition) is 2. The van der Waals surface area contributed by atoms with E-state index in [4.69, 9.17) is 5.11 Å². The molecular weight excluding hydrogens is 386 g/mol. The van der Waals surface area contributed by atoms with Gasteiger partial charge in [0, 0.05) is 38.8 Å². The molecule has 0 spiro atoms. The normalized spacial score (nSPS) is 17.7. The van der Waals surface area contributed by atoms with Gasteiger partial charge in [-0.05, 0) is 36.6 Å². The molecule has 0 aliphatic carbocycles. The lowest BCUT2D eigenvalue weighted by Crippen LogP contribution is -2.45. The molecule has 0 unspecified atom stereocenters. The van der Waals surface area contributed by atoms with Crippen LogP contribution in [-0.2, 0) is 12.4 Å². The second-order valence-electron chi connectivity index (χ2n) is 5.97. The van der Waals surface area contributed by atoms with Crippen LogP contribution in [0.3, 0.4) is 0 Å². The third kappa shape index (κ3) is 5.73. The van der Waals surface area contributed by atoms with Crippen molar-refractivity contribution in [2.24, 2.45) is 0 Å². The molecule has 0 bridgehead atoms. The van der Waals surface area contributed by atoms with Gasteiger partial charge in [0.25, 0.3) is 0 Å². The molecule has 0 radical (unpaired) electrons. The van der Waals surface area contributed by atoms with Crippen LogP contribution in [0.25, 0.3) is 0 Å². The summed E-state index contributed by atoms with van der Waals surface area (Å²) in [7, 11) is 0. The van der Waals surface area contributed by atoms with E-state index in [1.54, 1.807) is 4.90 Å². The Morgan fingerprint density at radius 1 is 1.04 bits per heavy atom. The van der Waals surface area contributed by atoms with Crippen LogP contribution in [0.2, 0.25) is 0 Å². The Morgan fingerprint density at radius 2 is 1.65 bits per heavy atom. The van der Waals surface area contributed by atoms with Gasteiger partial charge in [0.1, 0.15) is 0 Å². The minimum Gasteiger partial charge on any atom is -0.396 e. The van der Waals surface area contributed by atoms with E-state index in [0.29, 0.717) is 44.4 Å². The highest BCUT2D eigenvalue weighted by molar-refractivity contribution is 5.85. The predicted molar refractivity (Wildman–Crippen MR) is 87.2 cm³/mol. The summed E-state index contributed by atoms with van der Waals surface area (Å²) in [4.78, 5) is 1.75. The number of rotatable bonds is 5. The van der Waals surface area contributed by atoms with Crippen molar-refractivity contribution >= 4 is 12.4 Å². The number of aliphatic hydroxyl groups excluding tert-OH is 1. The first-order chi connectivity index (χ1) is 11.6. The fourth-order valence-electron chi connectivity index (χ4n) is 3.09. The van der Waals surface area contributed by atoms with Gasteiger partial charge < -0.3 is 10.4 Å². The number of halogens is 7. The van der Waals surface area contributed by atoms with Crippen molar-refractivity contribution in [2.45, 2.75) is 31.2 Å². The van der Waals surface area contributed by atoms with Crippen LogP contribution in [0, 0.1) is 0 Å². The van der Waals surface area contributed by atoms with Crippen LogP contribution in [0.15, 0.2) is 18.2 Å². The molecule has 1 atom stereocenters. The minimum absolute atomic E-state index is 0. The van der Waals surface area contributed by atoms with Gasteiger partial charge in [-0.3, -0.25) is 4.90 Å². The van der Waals surface area contributed by atoms with E-state index in [-0.39, 0.29) is 37.4 Å². The van der Waals surface area contributed by atoms with Crippen molar-refractivity contribution < 1.29 is 31.4 Å². The fourth-order valence-corrected chi connectivity index (χ4v) is 3.09.